The average molecular weight is 448 g/mol. The standard InChI is InChI=1S/C27H22F2O4/c1-16(8-7-12-17-9-5-6-13-19(17)27(31)32)24-25(29)21(28)14-20-22(30)15-23(33-26(20)24)18-10-3-2-4-11-18/h2-6,9-11,13-16H,7-8,12H2,1H3,(H,31,32). The largest absolute Gasteiger partial charge is 0.478 e. The van der Waals surface area contributed by atoms with Gasteiger partial charge in [-0.05, 0) is 42.9 Å². The van der Waals surface area contributed by atoms with Gasteiger partial charge in [0.15, 0.2) is 17.1 Å². The number of hydrogen-bond acceptors (Lipinski definition) is 3. The maximum atomic E-state index is 15.0. The highest BCUT2D eigenvalue weighted by Crippen LogP contribution is 2.34. The van der Waals surface area contributed by atoms with E-state index in [0.717, 1.165) is 6.07 Å². The molecule has 0 saturated heterocycles. The molecule has 3 aromatic carbocycles. The van der Waals surface area contributed by atoms with Crippen LogP contribution >= 0.6 is 0 Å². The number of aryl methyl sites for hydroxylation is 1. The molecular weight excluding hydrogens is 426 g/mol. The smallest absolute Gasteiger partial charge is 0.335 e. The minimum atomic E-state index is -1.10. The normalized spacial score (nSPS) is 12.1. The lowest BCUT2D eigenvalue weighted by molar-refractivity contribution is 0.0695. The number of benzene rings is 3. The number of aromatic carboxylic acids is 1. The van der Waals surface area contributed by atoms with Crippen LogP contribution in [0.4, 0.5) is 8.78 Å². The molecule has 0 radical (unpaired) electrons. The van der Waals surface area contributed by atoms with E-state index >= 15 is 0 Å². The van der Waals surface area contributed by atoms with Crippen LogP contribution in [-0.4, -0.2) is 11.1 Å². The van der Waals surface area contributed by atoms with E-state index < -0.39 is 29.0 Å². The van der Waals surface area contributed by atoms with Gasteiger partial charge in [0.2, 0.25) is 0 Å². The third kappa shape index (κ3) is 4.55. The van der Waals surface area contributed by atoms with E-state index in [1.54, 1.807) is 55.5 Å². The minimum absolute atomic E-state index is 0.00773. The van der Waals surface area contributed by atoms with Gasteiger partial charge in [0.05, 0.1) is 10.9 Å². The third-order valence-electron chi connectivity index (χ3n) is 5.83. The molecule has 0 fully saturated rings. The Morgan fingerprint density at radius 1 is 1.03 bits per heavy atom. The van der Waals surface area contributed by atoms with Gasteiger partial charge in [-0.25, -0.2) is 13.6 Å². The summed E-state index contributed by atoms with van der Waals surface area (Å²) < 4.78 is 35.3. The van der Waals surface area contributed by atoms with Gasteiger partial charge >= 0.3 is 5.97 Å². The summed E-state index contributed by atoms with van der Waals surface area (Å²) in [6.45, 7) is 1.75. The van der Waals surface area contributed by atoms with Crippen molar-refractivity contribution in [3.63, 3.8) is 0 Å². The molecule has 0 aliphatic rings. The zero-order valence-corrected chi connectivity index (χ0v) is 18.0. The lowest BCUT2D eigenvalue weighted by atomic mass is 9.91. The van der Waals surface area contributed by atoms with E-state index in [0.29, 0.717) is 30.4 Å². The summed E-state index contributed by atoms with van der Waals surface area (Å²) in [5.41, 5.74) is 1.18. The molecule has 0 spiro atoms. The van der Waals surface area contributed by atoms with Gasteiger partial charge < -0.3 is 9.52 Å². The van der Waals surface area contributed by atoms with Crippen molar-refractivity contribution in [2.24, 2.45) is 0 Å². The van der Waals surface area contributed by atoms with Crippen molar-refractivity contribution >= 4 is 16.9 Å². The Balaban J connectivity index is 1.69. The van der Waals surface area contributed by atoms with Crippen molar-refractivity contribution in [1.82, 2.24) is 0 Å². The van der Waals surface area contributed by atoms with Crippen LogP contribution in [0.2, 0.25) is 0 Å². The molecule has 0 saturated carbocycles. The van der Waals surface area contributed by atoms with E-state index in [-0.39, 0.29) is 27.9 Å². The number of hydrogen-bond donors (Lipinski definition) is 1. The highest BCUT2D eigenvalue weighted by atomic mass is 19.2. The summed E-state index contributed by atoms with van der Waals surface area (Å²) in [4.78, 5) is 24.1. The average Bonchev–Trinajstić information content (AvgIpc) is 2.81. The van der Waals surface area contributed by atoms with Crippen LogP contribution < -0.4 is 5.43 Å². The van der Waals surface area contributed by atoms with E-state index in [2.05, 4.69) is 0 Å². The number of carbonyl (C=O) groups is 1. The first kappa shape index (κ1) is 22.4. The lowest BCUT2D eigenvalue weighted by Gasteiger charge is -2.16. The number of carboxylic acid groups (broad SMARTS) is 1. The second-order valence-corrected chi connectivity index (χ2v) is 8.06. The molecule has 6 heteroatoms. The Morgan fingerprint density at radius 3 is 2.45 bits per heavy atom. The Morgan fingerprint density at radius 2 is 1.73 bits per heavy atom. The van der Waals surface area contributed by atoms with Crippen LogP contribution in [0.3, 0.4) is 0 Å². The Kier molecular flexibility index (Phi) is 6.36. The van der Waals surface area contributed by atoms with E-state index in [4.69, 9.17) is 4.42 Å². The second kappa shape index (κ2) is 9.36. The maximum Gasteiger partial charge on any atom is 0.335 e. The first-order valence-electron chi connectivity index (χ1n) is 10.7. The molecule has 0 aliphatic carbocycles. The summed E-state index contributed by atoms with van der Waals surface area (Å²) in [5.74, 6) is -3.32. The second-order valence-electron chi connectivity index (χ2n) is 8.06. The molecule has 1 aromatic heterocycles. The monoisotopic (exact) mass is 448 g/mol. The zero-order valence-electron chi connectivity index (χ0n) is 18.0. The van der Waals surface area contributed by atoms with Gasteiger partial charge in [0.25, 0.3) is 0 Å². The van der Waals surface area contributed by atoms with Crippen molar-refractivity contribution in [2.75, 3.05) is 0 Å². The SMILES string of the molecule is CC(CCCc1ccccc1C(=O)O)c1c(F)c(F)cc2c(=O)cc(-c3ccccc3)oc12. The third-order valence-corrected chi connectivity index (χ3v) is 5.83. The summed E-state index contributed by atoms with van der Waals surface area (Å²) >= 11 is 0. The number of rotatable bonds is 7. The van der Waals surface area contributed by atoms with Crippen LogP contribution in [0.15, 0.2) is 75.9 Å². The van der Waals surface area contributed by atoms with Crippen molar-refractivity contribution in [3.05, 3.63) is 105 Å². The van der Waals surface area contributed by atoms with Crippen molar-refractivity contribution in [2.45, 2.75) is 32.1 Å². The van der Waals surface area contributed by atoms with Crippen LogP contribution in [0.5, 0.6) is 0 Å². The molecule has 4 aromatic rings. The molecule has 0 aliphatic heterocycles. The van der Waals surface area contributed by atoms with Crippen molar-refractivity contribution < 1.29 is 23.1 Å². The minimum Gasteiger partial charge on any atom is -0.478 e. The highest BCUT2D eigenvalue weighted by molar-refractivity contribution is 5.89. The first-order valence-corrected chi connectivity index (χ1v) is 10.7. The Labute approximate surface area is 189 Å². The fourth-order valence-corrected chi connectivity index (χ4v) is 4.13. The van der Waals surface area contributed by atoms with Crippen LogP contribution in [-0.2, 0) is 6.42 Å². The quantitative estimate of drug-likeness (QED) is 0.348. The fraction of sp³-hybridized carbons (Fsp3) is 0.185. The topological polar surface area (TPSA) is 67.5 Å². The Bertz CT molecular complexity index is 1380. The molecular formula is C27H22F2O4. The molecule has 4 nitrogen and oxygen atoms in total. The predicted molar refractivity (Wildman–Crippen MR) is 123 cm³/mol. The zero-order chi connectivity index (χ0) is 23.5. The Hall–Kier alpha value is -3.80. The number of fused-ring (bicyclic) bond motifs is 1. The van der Waals surface area contributed by atoms with Gasteiger partial charge in [0.1, 0.15) is 11.3 Å². The maximum absolute atomic E-state index is 15.0. The molecule has 1 N–H and O–H groups in total. The van der Waals surface area contributed by atoms with Gasteiger partial charge in [-0.3, -0.25) is 4.79 Å². The molecule has 1 atom stereocenters. The fourth-order valence-electron chi connectivity index (χ4n) is 4.13. The van der Waals surface area contributed by atoms with Gasteiger partial charge in [-0.2, -0.15) is 0 Å². The van der Waals surface area contributed by atoms with Gasteiger partial charge in [-0.15, -0.1) is 0 Å². The number of carboxylic acids is 1. The van der Waals surface area contributed by atoms with Crippen molar-refractivity contribution in [3.8, 4) is 11.3 Å². The molecule has 4 rings (SSSR count). The van der Waals surface area contributed by atoms with E-state index in [9.17, 15) is 23.5 Å². The van der Waals surface area contributed by atoms with E-state index in [1.165, 1.54) is 6.07 Å². The molecule has 1 unspecified atom stereocenters. The predicted octanol–water partition coefficient (Wildman–Crippen LogP) is 6.56. The summed E-state index contributed by atoms with van der Waals surface area (Å²) in [5, 5.41) is 9.34. The lowest BCUT2D eigenvalue weighted by Crippen LogP contribution is -2.08. The molecule has 0 bridgehead atoms. The van der Waals surface area contributed by atoms with Crippen molar-refractivity contribution in [1.29, 1.82) is 0 Å². The molecule has 33 heavy (non-hydrogen) atoms. The summed E-state index contributed by atoms with van der Waals surface area (Å²) in [6.07, 6.45) is 1.47. The van der Waals surface area contributed by atoms with E-state index in [1.807, 2.05) is 6.07 Å². The molecule has 0 amide bonds. The molecule has 168 valence electrons. The van der Waals surface area contributed by atoms with Gasteiger partial charge in [0, 0.05) is 17.2 Å². The van der Waals surface area contributed by atoms with Crippen LogP contribution in [0, 0.1) is 11.6 Å². The first-order chi connectivity index (χ1) is 15.9. The summed E-state index contributed by atoms with van der Waals surface area (Å²) in [7, 11) is 0. The molecule has 1 heterocycles. The van der Waals surface area contributed by atoms with Crippen LogP contribution in [0.25, 0.3) is 22.3 Å². The van der Waals surface area contributed by atoms with Crippen LogP contribution in [0.1, 0.15) is 47.2 Å². The van der Waals surface area contributed by atoms with Gasteiger partial charge in [-0.1, -0.05) is 55.5 Å². The summed E-state index contributed by atoms with van der Waals surface area (Å²) in [6, 6.07) is 17.8. The highest BCUT2D eigenvalue weighted by Gasteiger charge is 2.23. The number of halogens is 2.